The summed E-state index contributed by atoms with van der Waals surface area (Å²) in [4.78, 5) is 38.8. The number of esters is 1. The molecule has 0 bridgehead atoms. The molecular formula is C20H23NO7S. The van der Waals surface area contributed by atoms with E-state index in [4.69, 9.17) is 9.15 Å². The van der Waals surface area contributed by atoms with Gasteiger partial charge in [0, 0.05) is 18.7 Å². The second-order valence-electron chi connectivity index (χ2n) is 7.20. The number of hydrogen-bond donors (Lipinski definition) is 0. The number of hydrogen-bond acceptors (Lipinski definition) is 7. The highest BCUT2D eigenvalue weighted by Crippen LogP contribution is 2.20. The lowest BCUT2D eigenvalue weighted by Crippen LogP contribution is -2.46. The van der Waals surface area contributed by atoms with Gasteiger partial charge in [-0.3, -0.25) is 9.59 Å². The van der Waals surface area contributed by atoms with Crippen molar-refractivity contribution in [1.82, 2.24) is 4.90 Å². The highest BCUT2D eigenvalue weighted by molar-refractivity contribution is 7.91. The molecule has 29 heavy (non-hydrogen) atoms. The molecule has 0 spiro atoms. The molecule has 0 radical (unpaired) electrons. The van der Waals surface area contributed by atoms with Crippen molar-refractivity contribution in [2.45, 2.75) is 39.3 Å². The number of sulfone groups is 1. The van der Waals surface area contributed by atoms with E-state index in [-0.39, 0.29) is 28.3 Å². The Morgan fingerprint density at radius 2 is 2.03 bits per heavy atom. The van der Waals surface area contributed by atoms with Crippen molar-refractivity contribution in [2.75, 3.05) is 18.1 Å². The molecular weight excluding hydrogens is 398 g/mol. The fourth-order valence-electron chi connectivity index (χ4n) is 3.49. The van der Waals surface area contributed by atoms with Crippen LogP contribution in [0.25, 0.3) is 11.0 Å². The lowest BCUT2D eigenvalue weighted by Gasteiger charge is -2.29. The lowest BCUT2D eigenvalue weighted by atomic mass is 10.1. The van der Waals surface area contributed by atoms with Gasteiger partial charge in [-0.1, -0.05) is 11.6 Å². The third kappa shape index (κ3) is 4.50. The van der Waals surface area contributed by atoms with Crippen molar-refractivity contribution in [3.63, 3.8) is 0 Å². The minimum absolute atomic E-state index is 0.0390. The first-order valence-corrected chi connectivity index (χ1v) is 11.2. The van der Waals surface area contributed by atoms with Crippen LogP contribution in [0.4, 0.5) is 0 Å². The van der Waals surface area contributed by atoms with Gasteiger partial charge < -0.3 is 14.1 Å². The average Bonchev–Trinajstić information content (AvgIpc) is 3.02. The van der Waals surface area contributed by atoms with Crippen LogP contribution in [0.2, 0.25) is 0 Å². The second kappa shape index (κ2) is 7.98. The molecule has 1 aliphatic rings. The molecule has 1 saturated heterocycles. The van der Waals surface area contributed by atoms with E-state index >= 15 is 0 Å². The summed E-state index contributed by atoms with van der Waals surface area (Å²) in [7, 11) is -3.16. The summed E-state index contributed by atoms with van der Waals surface area (Å²) in [5, 5.41) is 0.352. The Morgan fingerprint density at radius 1 is 1.31 bits per heavy atom. The highest BCUT2D eigenvalue weighted by Gasteiger charge is 2.36. The van der Waals surface area contributed by atoms with Gasteiger partial charge in [0.1, 0.15) is 5.58 Å². The molecule has 1 fully saturated rings. The molecule has 2 heterocycles. The van der Waals surface area contributed by atoms with Crippen LogP contribution < -0.4 is 5.43 Å². The first-order valence-electron chi connectivity index (χ1n) is 9.37. The largest absolute Gasteiger partial charge is 0.449 e. The predicted molar refractivity (Wildman–Crippen MR) is 107 cm³/mol. The molecule has 1 aliphatic heterocycles. The normalized spacial score (nSPS) is 19.1. The topological polar surface area (TPSA) is 111 Å². The molecule has 0 N–H and O–H groups in total. The lowest BCUT2D eigenvalue weighted by molar-refractivity contribution is -0.141. The van der Waals surface area contributed by atoms with Gasteiger partial charge in [-0.2, -0.15) is 0 Å². The summed E-state index contributed by atoms with van der Waals surface area (Å²) >= 11 is 0. The molecule has 156 valence electrons. The predicted octanol–water partition coefficient (Wildman–Crippen LogP) is 1.68. The Balaban J connectivity index is 1.76. The maximum absolute atomic E-state index is 12.7. The first kappa shape index (κ1) is 21.0. The minimum Gasteiger partial charge on any atom is -0.449 e. The molecule has 0 aliphatic carbocycles. The van der Waals surface area contributed by atoms with Gasteiger partial charge in [0.2, 0.25) is 5.76 Å². The monoisotopic (exact) mass is 421 g/mol. The second-order valence-corrected chi connectivity index (χ2v) is 9.43. The Bertz CT molecular complexity index is 1120. The van der Waals surface area contributed by atoms with E-state index in [2.05, 4.69) is 0 Å². The first-order chi connectivity index (χ1) is 13.6. The molecule has 2 atom stereocenters. The van der Waals surface area contributed by atoms with Gasteiger partial charge in [-0.15, -0.1) is 0 Å². The van der Waals surface area contributed by atoms with Crippen LogP contribution in [0.3, 0.4) is 0 Å². The molecule has 8 nitrogen and oxygen atoms in total. The number of likely N-dealkylation sites (N-methyl/N-ethyl adjacent to an activating group) is 1. The zero-order chi connectivity index (χ0) is 21.3. The van der Waals surface area contributed by atoms with E-state index in [1.165, 1.54) is 11.8 Å². The zero-order valence-electron chi connectivity index (χ0n) is 16.5. The van der Waals surface area contributed by atoms with Gasteiger partial charge >= 0.3 is 5.97 Å². The number of nitrogens with zero attached hydrogens (tertiary/aromatic N) is 1. The SMILES string of the molecule is CCN(C(=O)[C@@H](C)OC(=O)c1cc(=O)c2cc(C)ccc2o1)[C@@H]1CCS(=O)(=O)C1. The summed E-state index contributed by atoms with van der Waals surface area (Å²) in [6, 6.07) is 5.62. The van der Waals surface area contributed by atoms with Crippen LogP contribution in [-0.4, -0.2) is 55.4 Å². The zero-order valence-corrected chi connectivity index (χ0v) is 17.3. The standard InChI is InChI=1S/C20H23NO7S/c1-4-21(14-7-8-29(25,26)11-14)19(23)13(3)27-20(24)18-10-16(22)15-9-12(2)5-6-17(15)28-18/h5-6,9-10,13-14H,4,7-8,11H2,1-3H3/t13-,14-/m1/s1. The summed E-state index contributed by atoms with van der Waals surface area (Å²) in [6.45, 7) is 5.28. The minimum atomic E-state index is -3.16. The highest BCUT2D eigenvalue weighted by atomic mass is 32.2. The van der Waals surface area contributed by atoms with Gasteiger partial charge in [0.05, 0.1) is 16.9 Å². The number of carbonyl (C=O) groups is 2. The van der Waals surface area contributed by atoms with E-state index < -0.39 is 33.9 Å². The van der Waals surface area contributed by atoms with Crippen molar-refractivity contribution in [2.24, 2.45) is 0 Å². The molecule has 0 saturated carbocycles. The van der Waals surface area contributed by atoms with Gasteiger partial charge in [0.25, 0.3) is 5.91 Å². The number of aryl methyl sites for hydroxylation is 1. The Morgan fingerprint density at radius 3 is 2.66 bits per heavy atom. The van der Waals surface area contributed by atoms with Crippen molar-refractivity contribution in [3.05, 3.63) is 45.8 Å². The molecule has 2 aromatic rings. The maximum atomic E-state index is 12.7. The van der Waals surface area contributed by atoms with Crippen molar-refractivity contribution < 1.29 is 27.2 Å². The molecule has 0 unspecified atom stereocenters. The molecule has 3 rings (SSSR count). The number of amides is 1. The van der Waals surface area contributed by atoms with E-state index in [1.807, 2.05) is 6.92 Å². The third-order valence-corrected chi connectivity index (χ3v) is 6.74. The summed E-state index contributed by atoms with van der Waals surface area (Å²) in [5.41, 5.74) is 0.750. The summed E-state index contributed by atoms with van der Waals surface area (Å²) in [5.74, 6) is -1.76. The van der Waals surface area contributed by atoms with Crippen molar-refractivity contribution in [3.8, 4) is 0 Å². The number of rotatable bonds is 5. The smallest absolute Gasteiger partial charge is 0.375 e. The fraction of sp³-hybridized carbons (Fsp3) is 0.450. The van der Waals surface area contributed by atoms with Crippen molar-refractivity contribution >= 4 is 32.7 Å². The van der Waals surface area contributed by atoms with E-state index in [0.717, 1.165) is 11.6 Å². The average molecular weight is 421 g/mol. The summed E-state index contributed by atoms with van der Waals surface area (Å²) < 4.78 is 34.1. The number of fused-ring (bicyclic) bond motifs is 1. The van der Waals surface area contributed by atoms with Gasteiger partial charge in [-0.05, 0) is 39.3 Å². The van der Waals surface area contributed by atoms with E-state index in [9.17, 15) is 22.8 Å². The summed E-state index contributed by atoms with van der Waals surface area (Å²) in [6.07, 6.45) is -0.786. The van der Waals surface area contributed by atoms with Crippen molar-refractivity contribution in [1.29, 1.82) is 0 Å². The fourth-order valence-corrected chi connectivity index (χ4v) is 5.22. The Kier molecular flexibility index (Phi) is 5.79. The van der Waals surface area contributed by atoms with Gasteiger partial charge in [-0.25, -0.2) is 13.2 Å². The van der Waals surface area contributed by atoms with E-state index in [0.29, 0.717) is 18.4 Å². The molecule has 1 aromatic heterocycles. The number of benzene rings is 1. The van der Waals surface area contributed by atoms with Crippen LogP contribution >= 0.6 is 0 Å². The third-order valence-electron chi connectivity index (χ3n) is 4.99. The number of carbonyl (C=O) groups excluding carboxylic acids is 2. The van der Waals surface area contributed by atoms with E-state index in [1.54, 1.807) is 25.1 Å². The number of ether oxygens (including phenoxy) is 1. The molecule has 1 aromatic carbocycles. The molecule has 9 heteroatoms. The Labute approximate surface area is 168 Å². The maximum Gasteiger partial charge on any atom is 0.375 e. The van der Waals surface area contributed by atoms with Crippen LogP contribution in [0, 0.1) is 6.92 Å². The van der Waals surface area contributed by atoms with Crippen LogP contribution in [0.5, 0.6) is 0 Å². The van der Waals surface area contributed by atoms with Crippen LogP contribution in [0.15, 0.2) is 33.5 Å². The van der Waals surface area contributed by atoms with Crippen LogP contribution in [0.1, 0.15) is 36.4 Å². The van der Waals surface area contributed by atoms with Crippen LogP contribution in [-0.2, 0) is 19.4 Å². The molecule has 1 amide bonds. The quantitative estimate of drug-likeness (QED) is 0.675. The van der Waals surface area contributed by atoms with Gasteiger partial charge in [0.15, 0.2) is 21.4 Å². The Hall–Kier alpha value is -2.68.